The number of hydrogen-bond acceptors (Lipinski definition) is 8. The molecule has 162 valence electrons. The Morgan fingerprint density at radius 3 is 1.37 bits per heavy atom. The van der Waals surface area contributed by atoms with Gasteiger partial charge in [-0.2, -0.15) is 0 Å². The molecule has 0 aliphatic carbocycles. The van der Waals surface area contributed by atoms with Crippen molar-refractivity contribution in [3.8, 4) is 34.5 Å². The summed E-state index contributed by atoms with van der Waals surface area (Å²) in [4.78, 5) is 8.51. The van der Waals surface area contributed by atoms with Crippen LogP contribution in [-0.2, 0) is 17.1 Å². The summed E-state index contributed by atoms with van der Waals surface area (Å²) >= 11 is 0. The van der Waals surface area contributed by atoms with E-state index in [0.717, 1.165) is 0 Å². The number of nitrogens with zero attached hydrogens (tertiary/aromatic N) is 2. The molecule has 2 aromatic rings. The van der Waals surface area contributed by atoms with E-state index in [1.54, 1.807) is 12.1 Å². The predicted octanol–water partition coefficient (Wildman–Crippen LogP) is -0.328. The van der Waals surface area contributed by atoms with E-state index in [9.17, 15) is 10.2 Å². The zero-order chi connectivity index (χ0) is 20.5. The molecule has 10 heteroatoms. The van der Waals surface area contributed by atoms with Crippen LogP contribution in [0.2, 0.25) is 0 Å². The third-order valence-corrected chi connectivity index (χ3v) is 3.90. The SMILES string of the molecule is COc1cc(O)c(C=NCCN=Cc2c(O)cc(OC)cc2OC)c(OC)c1.[Cl-].[Mn+3]. The number of rotatable bonds is 9. The third kappa shape index (κ3) is 7.02. The third-order valence-electron chi connectivity index (χ3n) is 3.90. The van der Waals surface area contributed by atoms with E-state index < -0.39 is 0 Å². The molecular formula is C20H24ClMnN2O6+2. The molecule has 0 fully saturated rings. The zero-order valence-corrected chi connectivity index (χ0v) is 19.0. The van der Waals surface area contributed by atoms with Crippen molar-refractivity contribution in [3.63, 3.8) is 0 Å². The standard InChI is InChI=1S/C20H24N2O6.ClH.Mn/c1-25-13-7-17(23)15(19(9-13)27-3)11-21-5-6-22-12-16-18(24)8-14(26-2)10-20(16)28-4;;/h7-12,23-24H,5-6H2,1-4H3;1H;/q;;+3/p-1. The molecule has 0 spiro atoms. The van der Waals surface area contributed by atoms with Gasteiger partial charge in [-0.05, 0) is 0 Å². The van der Waals surface area contributed by atoms with Gasteiger partial charge in [0, 0.05) is 36.7 Å². The molecule has 0 bridgehead atoms. The van der Waals surface area contributed by atoms with Crippen molar-refractivity contribution in [2.75, 3.05) is 41.5 Å². The predicted molar refractivity (Wildman–Crippen MR) is 107 cm³/mol. The van der Waals surface area contributed by atoms with E-state index in [-0.39, 0.29) is 41.0 Å². The van der Waals surface area contributed by atoms with Crippen LogP contribution in [0.15, 0.2) is 34.3 Å². The topological polar surface area (TPSA) is 102 Å². The molecule has 30 heavy (non-hydrogen) atoms. The van der Waals surface area contributed by atoms with Crippen molar-refractivity contribution in [3.05, 3.63) is 35.4 Å². The molecule has 0 atom stereocenters. The normalized spacial score (nSPS) is 10.4. The van der Waals surface area contributed by atoms with Crippen molar-refractivity contribution in [2.45, 2.75) is 0 Å². The Hall–Kier alpha value is -2.61. The van der Waals surface area contributed by atoms with E-state index in [1.807, 2.05) is 0 Å². The summed E-state index contributed by atoms with van der Waals surface area (Å²) in [5, 5.41) is 20.2. The van der Waals surface area contributed by atoms with Crippen LogP contribution in [0, 0.1) is 0 Å². The molecule has 0 aliphatic rings. The molecule has 0 aromatic heterocycles. The van der Waals surface area contributed by atoms with Crippen LogP contribution in [0.1, 0.15) is 11.1 Å². The van der Waals surface area contributed by atoms with Gasteiger partial charge in [0.2, 0.25) is 0 Å². The number of aliphatic imine (C=N–C) groups is 2. The minimum absolute atomic E-state index is 0. The van der Waals surface area contributed by atoms with Gasteiger partial charge in [0.05, 0.1) is 52.7 Å². The minimum Gasteiger partial charge on any atom is -1.00 e. The second kappa shape index (κ2) is 13.6. The Balaban J connectivity index is 0.00000420. The Morgan fingerprint density at radius 2 is 1.07 bits per heavy atom. The van der Waals surface area contributed by atoms with Crippen LogP contribution in [0.25, 0.3) is 0 Å². The fourth-order valence-corrected chi connectivity index (χ4v) is 2.43. The Morgan fingerprint density at radius 1 is 0.700 bits per heavy atom. The smallest absolute Gasteiger partial charge is 1.00 e. The number of benzene rings is 2. The Labute approximate surface area is 192 Å². The second-order valence-corrected chi connectivity index (χ2v) is 5.60. The van der Waals surface area contributed by atoms with Crippen molar-refractivity contribution in [2.24, 2.45) is 9.98 Å². The van der Waals surface area contributed by atoms with E-state index >= 15 is 0 Å². The fraction of sp³-hybridized carbons (Fsp3) is 0.300. The summed E-state index contributed by atoms with van der Waals surface area (Å²) in [6.07, 6.45) is 3.04. The number of halogens is 1. The number of methoxy groups -OCH3 is 4. The van der Waals surface area contributed by atoms with Gasteiger partial charge in [-0.25, -0.2) is 0 Å². The molecule has 2 rings (SSSR count). The monoisotopic (exact) mass is 478 g/mol. The van der Waals surface area contributed by atoms with Gasteiger partial charge in [0.15, 0.2) is 0 Å². The zero-order valence-electron chi connectivity index (χ0n) is 17.1. The molecule has 0 saturated carbocycles. The first-order valence-corrected chi connectivity index (χ1v) is 8.43. The number of ether oxygens (including phenoxy) is 4. The van der Waals surface area contributed by atoms with Crippen LogP contribution in [0.4, 0.5) is 0 Å². The first kappa shape index (κ1) is 27.4. The number of hydrogen-bond donors (Lipinski definition) is 2. The first-order chi connectivity index (χ1) is 13.5. The number of phenols is 2. The summed E-state index contributed by atoms with van der Waals surface area (Å²) in [6, 6.07) is 6.30. The van der Waals surface area contributed by atoms with Crippen molar-refractivity contribution in [1.29, 1.82) is 0 Å². The maximum Gasteiger partial charge on any atom is 3.00 e. The molecule has 0 aliphatic heterocycles. The Kier molecular flexibility index (Phi) is 12.4. The second-order valence-electron chi connectivity index (χ2n) is 5.60. The van der Waals surface area contributed by atoms with E-state index in [2.05, 4.69) is 9.98 Å². The van der Waals surface area contributed by atoms with Gasteiger partial charge in [0.1, 0.15) is 34.5 Å². The van der Waals surface area contributed by atoms with E-state index in [0.29, 0.717) is 47.2 Å². The van der Waals surface area contributed by atoms with Gasteiger partial charge < -0.3 is 41.6 Å². The quantitative estimate of drug-likeness (QED) is 0.291. The Bertz CT molecular complexity index is 805. The van der Waals surface area contributed by atoms with Crippen LogP contribution in [0.3, 0.4) is 0 Å². The molecule has 0 radical (unpaired) electrons. The van der Waals surface area contributed by atoms with E-state index in [1.165, 1.54) is 53.0 Å². The molecule has 2 N–H and O–H groups in total. The van der Waals surface area contributed by atoms with Crippen LogP contribution < -0.4 is 31.4 Å². The molecular weight excluding hydrogens is 455 g/mol. The summed E-state index contributed by atoms with van der Waals surface area (Å²) in [5.41, 5.74) is 0.920. The molecule has 0 heterocycles. The van der Waals surface area contributed by atoms with E-state index in [4.69, 9.17) is 18.9 Å². The average molecular weight is 479 g/mol. The molecule has 0 amide bonds. The average Bonchev–Trinajstić information content (AvgIpc) is 2.71. The molecule has 8 nitrogen and oxygen atoms in total. The van der Waals surface area contributed by atoms with Crippen LogP contribution in [0.5, 0.6) is 34.5 Å². The summed E-state index contributed by atoms with van der Waals surface area (Å²) in [5.74, 6) is 1.91. The largest absolute Gasteiger partial charge is 3.00 e. The molecule has 0 unspecified atom stereocenters. The number of phenolic OH excluding ortho intramolecular Hbond substituents is 2. The molecule has 0 saturated heterocycles. The fourth-order valence-electron chi connectivity index (χ4n) is 2.43. The summed E-state index contributed by atoms with van der Waals surface area (Å²) in [7, 11) is 6.03. The van der Waals surface area contributed by atoms with Crippen molar-refractivity contribution >= 4 is 12.4 Å². The van der Waals surface area contributed by atoms with Crippen molar-refractivity contribution in [1.82, 2.24) is 0 Å². The summed E-state index contributed by atoms with van der Waals surface area (Å²) in [6.45, 7) is 0.759. The maximum atomic E-state index is 10.1. The van der Waals surface area contributed by atoms with Gasteiger partial charge in [-0.1, -0.05) is 0 Å². The minimum atomic E-state index is 0. The van der Waals surface area contributed by atoms with Crippen molar-refractivity contribution < 1.29 is 58.6 Å². The number of aromatic hydroxyl groups is 2. The van der Waals surface area contributed by atoms with Gasteiger partial charge in [0.25, 0.3) is 0 Å². The summed E-state index contributed by atoms with van der Waals surface area (Å²) < 4.78 is 20.7. The maximum absolute atomic E-state index is 10.1. The van der Waals surface area contributed by atoms with Crippen LogP contribution >= 0.6 is 0 Å². The van der Waals surface area contributed by atoms with Gasteiger partial charge >= 0.3 is 17.1 Å². The van der Waals surface area contributed by atoms with Gasteiger partial charge in [-0.3, -0.25) is 9.98 Å². The molecule has 2 aromatic carbocycles. The van der Waals surface area contributed by atoms with Gasteiger partial charge in [-0.15, -0.1) is 0 Å². The first-order valence-electron chi connectivity index (χ1n) is 8.43. The van der Waals surface area contributed by atoms with Crippen LogP contribution in [-0.4, -0.2) is 64.2 Å².